The van der Waals surface area contributed by atoms with Crippen LogP contribution in [0.25, 0.3) is 0 Å². The van der Waals surface area contributed by atoms with Crippen molar-refractivity contribution in [3.05, 3.63) is 0 Å². The summed E-state index contributed by atoms with van der Waals surface area (Å²) in [5, 5.41) is 0. The molecule has 1 rings (SSSR count). The first-order valence-electron chi connectivity index (χ1n) is 3.56. The van der Waals surface area contributed by atoms with Crippen LogP contribution < -0.4 is 0 Å². The molecule has 0 N–H and O–H groups in total. The molecule has 1 aliphatic heterocycles. The van der Waals surface area contributed by atoms with Crippen LogP contribution in [0, 0.1) is 0 Å². The highest BCUT2D eigenvalue weighted by Crippen LogP contribution is 2.22. The summed E-state index contributed by atoms with van der Waals surface area (Å²) >= 11 is 0. The van der Waals surface area contributed by atoms with E-state index in [-0.39, 0.29) is 0 Å². The van der Waals surface area contributed by atoms with Gasteiger partial charge in [-0.1, -0.05) is 6.92 Å². The Kier molecular flexibility index (Phi) is 2.57. The third-order valence-corrected chi connectivity index (χ3v) is 1.75. The lowest BCUT2D eigenvalue weighted by Crippen LogP contribution is -2.23. The Bertz CT molecular complexity index is 156. The van der Waals surface area contributed by atoms with Gasteiger partial charge in [-0.2, -0.15) is 0 Å². The second-order valence-corrected chi connectivity index (χ2v) is 2.45. The van der Waals surface area contributed by atoms with Crippen LogP contribution >= 0.6 is 0 Å². The van der Waals surface area contributed by atoms with Gasteiger partial charge in [-0.05, 0) is 6.42 Å². The van der Waals surface area contributed by atoms with Gasteiger partial charge in [0.25, 0.3) is 0 Å². The highest BCUT2D eigenvalue weighted by Gasteiger charge is 2.42. The summed E-state index contributed by atoms with van der Waals surface area (Å²) in [6.07, 6.45) is -2.63. The molecule has 1 heterocycles. The number of ether oxygens (including phenoxy) is 2. The topological polar surface area (TPSA) is 35.5 Å². The Labute approximate surface area is 64.5 Å². The highest BCUT2D eigenvalue weighted by molar-refractivity contribution is 5.88. The number of methoxy groups -OCH3 is 1. The zero-order valence-corrected chi connectivity index (χ0v) is 6.54. The normalized spacial score (nSPS) is 38.1. The van der Waals surface area contributed by atoms with Crippen molar-refractivity contribution in [1.29, 1.82) is 0 Å². The molecule has 64 valence electrons. The summed E-state index contributed by atoms with van der Waals surface area (Å²) in [7, 11) is 1.33. The average Bonchev–Trinajstić information content (AvgIpc) is 2.30. The molecule has 0 bridgehead atoms. The Hall–Kier alpha value is -0.480. The summed E-state index contributed by atoms with van der Waals surface area (Å²) in [6.45, 7) is 1.77. The molecule has 0 radical (unpaired) electrons. The number of carbonyl (C=O) groups excluding carboxylic acids is 1. The van der Waals surface area contributed by atoms with Crippen LogP contribution in [0.15, 0.2) is 0 Å². The van der Waals surface area contributed by atoms with Crippen molar-refractivity contribution in [2.24, 2.45) is 0 Å². The molecule has 1 aliphatic rings. The van der Waals surface area contributed by atoms with Gasteiger partial charge in [0, 0.05) is 7.11 Å². The summed E-state index contributed by atoms with van der Waals surface area (Å²) in [6, 6.07) is 0. The SMILES string of the molecule is CC[C@H]1O[C@H](OC)C(=O)[C@H]1F. The fourth-order valence-corrected chi connectivity index (χ4v) is 1.08. The lowest BCUT2D eigenvalue weighted by atomic mass is 10.1. The molecule has 0 aromatic carbocycles. The highest BCUT2D eigenvalue weighted by atomic mass is 19.1. The first-order valence-corrected chi connectivity index (χ1v) is 3.56. The Morgan fingerprint density at radius 1 is 1.73 bits per heavy atom. The quantitative estimate of drug-likeness (QED) is 0.598. The van der Waals surface area contributed by atoms with Gasteiger partial charge in [0.1, 0.15) is 0 Å². The first-order chi connectivity index (χ1) is 5.20. The Morgan fingerprint density at radius 3 is 2.64 bits per heavy atom. The molecule has 3 nitrogen and oxygen atoms in total. The maximum absolute atomic E-state index is 12.9. The van der Waals surface area contributed by atoms with E-state index in [4.69, 9.17) is 4.74 Å². The molecule has 0 saturated carbocycles. The fourth-order valence-electron chi connectivity index (χ4n) is 1.08. The molecule has 0 aromatic heterocycles. The second-order valence-electron chi connectivity index (χ2n) is 2.45. The van der Waals surface area contributed by atoms with Gasteiger partial charge in [-0.3, -0.25) is 4.79 Å². The maximum Gasteiger partial charge on any atom is 0.225 e. The van der Waals surface area contributed by atoms with Gasteiger partial charge in [0.15, 0.2) is 6.17 Å². The zero-order chi connectivity index (χ0) is 8.43. The number of Topliss-reactive ketones (excluding diaryl/α,β-unsaturated/α-hetero) is 1. The monoisotopic (exact) mass is 162 g/mol. The van der Waals surface area contributed by atoms with E-state index in [1.165, 1.54) is 7.11 Å². The molecule has 0 amide bonds. The third kappa shape index (κ3) is 1.41. The van der Waals surface area contributed by atoms with E-state index in [1.807, 2.05) is 0 Å². The Balaban J connectivity index is 2.61. The standard InChI is InChI=1S/C7H11FO3/c1-3-4-5(8)6(9)7(10-2)11-4/h4-5,7H,3H2,1-2H3/t4-,5+,7+/m1/s1. The van der Waals surface area contributed by atoms with Crippen molar-refractivity contribution in [2.75, 3.05) is 7.11 Å². The van der Waals surface area contributed by atoms with Crippen LogP contribution in [0.5, 0.6) is 0 Å². The van der Waals surface area contributed by atoms with E-state index in [9.17, 15) is 9.18 Å². The van der Waals surface area contributed by atoms with Crippen molar-refractivity contribution >= 4 is 5.78 Å². The van der Waals surface area contributed by atoms with E-state index in [0.717, 1.165) is 0 Å². The van der Waals surface area contributed by atoms with Gasteiger partial charge in [0.05, 0.1) is 6.10 Å². The minimum atomic E-state index is -1.51. The van der Waals surface area contributed by atoms with Crippen LogP contribution in [0.1, 0.15) is 13.3 Å². The van der Waals surface area contributed by atoms with Crippen molar-refractivity contribution in [3.8, 4) is 0 Å². The van der Waals surface area contributed by atoms with Crippen LogP contribution in [-0.2, 0) is 14.3 Å². The predicted octanol–water partition coefficient (Wildman–Crippen LogP) is 0.675. The van der Waals surface area contributed by atoms with Crippen LogP contribution in [0.3, 0.4) is 0 Å². The molecule has 0 unspecified atom stereocenters. The minimum Gasteiger partial charge on any atom is -0.349 e. The molecule has 3 atom stereocenters. The molecule has 1 saturated heterocycles. The van der Waals surface area contributed by atoms with Gasteiger partial charge in [-0.15, -0.1) is 0 Å². The van der Waals surface area contributed by atoms with E-state index in [1.54, 1.807) is 6.92 Å². The smallest absolute Gasteiger partial charge is 0.225 e. The molecule has 0 aliphatic carbocycles. The summed E-state index contributed by atoms with van der Waals surface area (Å²) in [5.74, 6) is -0.598. The number of halogens is 1. The summed E-state index contributed by atoms with van der Waals surface area (Å²) in [5.41, 5.74) is 0. The Morgan fingerprint density at radius 2 is 2.36 bits per heavy atom. The number of ketones is 1. The van der Waals surface area contributed by atoms with Gasteiger partial charge in [-0.25, -0.2) is 4.39 Å². The number of alkyl halides is 1. The second kappa shape index (κ2) is 3.28. The molecular formula is C7H11FO3. The van der Waals surface area contributed by atoms with Crippen molar-refractivity contribution in [1.82, 2.24) is 0 Å². The molecule has 4 heteroatoms. The third-order valence-electron chi connectivity index (χ3n) is 1.75. The lowest BCUT2D eigenvalue weighted by molar-refractivity contribution is -0.150. The maximum atomic E-state index is 12.9. The minimum absolute atomic E-state index is 0.493. The largest absolute Gasteiger partial charge is 0.349 e. The van der Waals surface area contributed by atoms with Crippen LogP contribution in [0.4, 0.5) is 4.39 Å². The van der Waals surface area contributed by atoms with E-state index < -0.39 is 24.3 Å². The lowest BCUT2D eigenvalue weighted by Gasteiger charge is -2.07. The number of hydrogen-bond donors (Lipinski definition) is 0. The van der Waals surface area contributed by atoms with Crippen LogP contribution in [0.2, 0.25) is 0 Å². The van der Waals surface area contributed by atoms with Crippen molar-refractivity contribution in [3.63, 3.8) is 0 Å². The van der Waals surface area contributed by atoms with Gasteiger partial charge >= 0.3 is 0 Å². The first kappa shape index (κ1) is 8.62. The average molecular weight is 162 g/mol. The predicted molar refractivity (Wildman–Crippen MR) is 35.9 cm³/mol. The van der Waals surface area contributed by atoms with Crippen LogP contribution in [-0.4, -0.2) is 31.5 Å². The van der Waals surface area contributed by atoms with Crippen molar-refractivity contribution < 1.29 is 18.7 Å². The zero-order valence-electron chi connectivity index (χ0n) is 6.54. The summed E-state index contributed by atoms with van der Waals surface area (Å²) < 4.78 is 22.4. The summed E-state index contributed by atoms with van der Waals surface area (Å²) in [4.78, 5) is 10.9. The molecule has 0 aromatic rings. The number of rotatable bonds is 2. The fraction of sp³-hybridized carbons (Fsp3) is 0.857. The number of hydrogen-bond acceptors (Lipinski definition) is 3. The van der Waals surface area contributed by atoms with E-state index in [0.29, 0.717) is 6.42 Å². The molecule has 1 fully saturated rings. The molecule has 0 spiro atoms. The van der Waals surface area contributed by atoms with E-state index in [2.05, 4.69) is 4.74 Å². The van der Waals surface area contributed by atoms with Crippen molar-refractivity contribution in [2.45, 2.75) is 31.9 Å². The van der Waals surface area contributed by atoms with Gasteiger partial charge in [0.2, 0.25) is 12.1 Å². The van der Waals surface area contributed by atoms with Gasteiger partial charge < -0.3 is 9.47 Å². The van der Waals surface area contributed by atoms with E-state index >= 15 is 0 Å². The molecular weight excluding hydrogens is 151 g/mol. The molecule has 11 heavy (non-hydrogen) atoms. The number of carbonyl (C=O) groups is 1.